The minimum Gasteiger partial charge on any atom is -0.469 e. The van der Waals surface area contributed by atoms with E-state index in [1.807, 2.05) is 0 Å². The quantitative estimate of drug-likeness (QED) is 0.792. The number of nitrogens with one attached hydrogen (secondary N) is 1. The summed E-state index contributed by atoms with van der Waals surface area (Å²) in [5, 5.41) is 0. The molecule has 1 rings (SSSR count). The first-order chi connectivity index (χ1) is 8.17. The normalized spacial score (nSPS) is 25.8. The fraction of sp³-hybridized carbons (Fsp3) is 0.917. The van der Waals surface area contributed by atoms with Crippen LogP contribution in [0.15, 0.2) is 0 Å². The molecule has 18 heavy (non-hydrogen) atoms. The first-order valence-electron chi connectivity index (χ1n) is 6.27. The number of carbonyl (C=O) groups is 1. The molecule has 1 N–H and O–H groups in total. The number of hydrogen-bond donors (Lipinski definition) is 1. The van der Waals surface area contributed by atoms with Crippen LogP contribution in [0.4, 0.5) is 0 Å². The molecular weight excluding hydrogens is 254 g/mol. The Kier molecular flexibility index (Phi) is 4.78. The molecule has 106 valence electrons. The number of carbonyl (C=O) groups excluding carboxylic acids is 1. The van der Waals surface area contributed by atoms with E-state index in [1.165, 1.54) is 7.11 Å². The lowest BCUT2D eigenvalue weighted by Gasteiger charge is -2.30. The topological polar surface area (TPSA) is 72.5 Å². The molecule has 0 aromatic rings. The maximum Gasteiger partial charge on any atom is 0.308 e. The van der Waals surface area contributed by atoms with Gasteiger partial charge in [-0.3, -0.25) is 4.79 Å². The standard InChI is InChI=1S/C12H23NO4S/c1-12(2,3)18(15,16)13-10-7-5-9(6-8-10)11(14)17-4/h9-10,13H,5-8H2,1-4H3/t9-,10-. The minimum absolute atomic E-state index is 0.0601. The summed E-state index contributed by atoms with van der Waals surface area (Å²) in [5.74, 6) is -0.266. The SMILES string of the molecule is COC(=O)[C@H]1CC[C@H](NS(=O)(=O)C(C)(C)C)CC1. The highest BCUT2D eigenvalue weighted by atomic mass is 32.2. The molecule has 0 saturated heterocycles. The van der Waals surface area contributed by atoms with E-state index < -0.39 is 14.8 Å². The summed E-state index contributed by atoms with van der Waals surface area (Å²) in [4.78, 5) is 11.4. The van der Waals surface area contributed by atoms with Gasteiger partial charge in [0.1, 0.15) is 0 Å². The van der Waals surface area contributed by atoms with Crippen molar-refractivity contribution in [2.24, 2.45) is 5.92 Å². The van der Waals surface area contributed by atoms with Crippen LogP contribution in [0.2, 0.25) is 0 Å². The summed E-state index contributed by atoms with van der Waals surface area (Å²) in [7, 11) is -1.92. The second-order valence-corrected chi connectivity index (χ2v) is 8.27. The highest BCUT2D eigenvalue weighted by Gasteiger charge is 2.34. The predicted octanol–water partition coefficient (Wildman–Crippen LogP) is 1.44. The van der Waals surface area contributed by atoms with Crippen molar-refractivity contribution in [1.82, 2.24) is 4.72 Å². The van der Waals surface area contributed by atoms with Crippen LogP contribution in [-0.2, 0) is 19.6 Å². The smallest absolute Gasteiger partial charge is 0.308 e. The molecule has 0 amide bonds. The van der Waals surface area contributed by atoms with Crippen molar-refractivity contribution in [3.05, 3.63) is 0 Å². The summed E-state index contributed by atoms with van der Waals surface area (Å²) in [6.07, 6.45) is 2.75. The third-order valence-corrected chi connectivity index (χ3v) is 5.65. The predicted molar refractivity (Wildman–Crippen MR) is 69.6 cm³/mol. The summed E-state index contributed by atoms with van der Waals surface area (Å²) in [6.45, 7) is 5.03. The molecule has 1 aliphatic carbocycles. The zero-order valence-electron chi connectivity index (χ0n) is 11.5. The molecule has 0 aliphatic heterocycles. The molecule has 1 saturated carbocycles. The first-order valence-corrected chi connectivity index (χ1v) is 7.75. The van der Waals surface area contributed by atoms with Gasteiger partial charge in [0.25, 0.3) is 0 Å². The number of methoxy groups -OCH3 is 1. The van der Waals surface area contributed by atoms with Crippen molar-refractivity contribution in [3.8, 4) is 0 Å². The number of rotatable bonds is 3. The van der Waals surface area contributed by atoms with Gasteiger partial charge in [0.2, 0.25) is 10.0 Å². The van der Waals surface area contributed by atoms with Crippen molar-refractivity contribution in [3.63, 3.8) is 0 Å². The van der Waals surface area contributed by atoms with Gasteiger partial charge in [-0.15, -0.1) is 0 Å². The lowest BCUT2D eigenvalue weighted by atomic mass is 9.86. The van der Waals surface area contributed by atoms with Crippen molar-refractivity contribution < 1.29 is 17.9 Å². The summed E-state index contributed by atoms with van der Waals surface area (Å²) < 4.78 is 30.6. The van der Waals surface area contributed by atoms with E-state index in [2.05, 4.69) is 4.72 Å². The highest BCUT2D eigenvalue weighted by Crippen LogP contribution is 2.26. The van der Waals surface area contributed by atoms with Crippen LogP contribution in [0.1, 0.15) is 46.5 Å². The maximum atomic E-state index is 12.0. The Balaban J connectivity index is 2.53. The van der Waals surface area contributed by atoms with E-state index in [9.17, 15) is 13.2 Å². The monoisotopic (exact) mass is 277 g/mol. The highest BCUT2D eigenvalue weighted by molar-refractivity contribution is 7.90. The van der Waals surface area contributed by atoms with Crippen LogP contribution in [0.25, 0.3) is 0 Å². The Bertz CT molecular complexity index is 389. The van der Waals surface area contributed by atoms with E-state index in [0.29, 0.717) is 25.7 Å². The fourth-order valence-electron chi connectivity index (χ4n) is 2.01. The summed E-state index contributed by atoms with van der Waals surface area (Å²) >= 11 is 0. The van der Waals surface area contributed by atoms with E-state index in [4.69, 9.17) is 4.74 Å². The Hall–Kier alpha value is -0.620. The van der Waals surface area contributed by atoms with E-state index in [1.54, 1.807) is 20.8 Å². The molecule has 1 aliphatic rings. The first kappa shape index (κ1) is 15.4. The third kappa shape index (κ3) is 3.68. The summed E-state index contributed by atoms with van der Waals surface area (Å²) in [6, 6.07) is -0.0601. The number of esters is 1. The van der Waals surface area contributed by atoms with Crippen LogP contribution in [0.3, 0.4) is 0 Å². The van der Waals surface area contributed by atoms with Crippen LogP contribution in [0, 0.1) is 5.92 Å². The second-order valence-electron chi connectivity index (χ2n) is 5.81. The molecular formula is C12H23NO4S. The Morgan fingerprint density at radius 1 is 1.17 bits per heavy atom. The molecule has 0 atom stereocenters. The average molecular weight is 277 g/mol. The van der Waals surface area contributed by atoms with E-state index in [0.717, 1.165) is 0 Å². The molecule has 0 spiro atoms. The zero-order chi connectivity index (χ0) is 14.0. The van der Waals surface area contributed by atoms with Crippen molar-refractivity contribution in [2.45, 2.75) is 57.2 Å². The van der Waals surface area contributed by atoms with Gasteiger partial charge in [-0.25, -0.2) is 13.1 Å². The lowest BCUT2D eigenvalue weighted by molar-refractivity contribution is -0.146. The molecule has 0 aromatic heterocycles. The van der Waals surface area contributed by atoms with Crippen LogP contribution in [0.5, 0.6) is 0 Å². The number of ether oxygens (including phenoxy) is 1. The van der Waals surface area contributed by atoms with E-state index in [-0.39, 0.29) is 17.9 Å². The second kappa shape index (κ2) is 5.57. The van der Waals surface area contributed by atoms with Crippen LogP contribution >= 0.6 is 0 Å². The Morgan fingerprint density at radius 3 is 2.06 bits per heavy atom. The van der Waals surface area contributed by atoms with Gasteiger partial charge in [0.15, 0.2) is 0 Å². The van der Waals surface area contributed by atoms with Crippen LogP contribution < -0.4 is 4.72 Å². The molecule has 0 aromatic carbocycles. The fourth-order valence-corrected chi connectivity index (χ4v) is 3.04. The number of hydrogen-bond acceptors (Lipinski definition) is 4. The van der Waals surface area contributed by atoms with Gasteiger partial charge in [-0.2, -0.15) is 0 Å². The van der Waals surface area contributed by atoms with Crippen molar-refractivity contribution >= 4 is 16.0 Å². The van der Waals surface area contributed by atoms with Gasteiger partial charge in [0.05, 0.1) is 17.8 Å². The van der Waals surface area contributed by atoms with Gasteiger partial charge in [0, 0.05) is 6.04 Å². The maximum absolute atomic E-state index is 12.0. The molecule has 0 unspecified atom stereocenters. The lowest BCUT2D eigenvalue weighted by Crippen LogP contribution is -2.46. The van der Waals surface area contributed by atoms with Gasteiger partial charge >= 0.3 is 5.97 Å². The largest absolute Gasteiger partial charge is 0.469 e. The van der Waals surface area contributed by atoms with Crippen molar-refractivity contribution in [2.75, 3.05) is 7.11 Å². The zero-order valence-corrected chi connectivity index (χ0v) is 12.3. The minimum atomic E-state index is -3.31. The van der Waals surface area contributed by atoms with Crippen LogP contribution in [-0.4, -0.2) is 32.3 Å². The molecule has 1 fully saturated rings. The van der Waals surface area contributed by atoms with Crippen molar-refractivity contribution in [1.29, 1.82) is 0 Å². The van der Waals surface area contributed by atoms with Gasteiger partial charge in [-0.05, 0) is 46.5 Å². The van der Waals surface area contributed by atoms with Gasteiger partial charge in [-0.1, -0.05) is 0 Å². The Labute approximate surface area is 109 Å². The number of sulfonamides is 1. The van der Waals surface area contributed by atoms with E-state index >= 15 is 0 Å². The summed E-state index contributed by atoms with van der Waals surface area (Å²) in [5.41, 5.74) is 0. The molecule has 5 nitrogen and oxygen atoms in total. The molecule has 6 heteroatoms. The molecule has 0 bridgehead atoms. The third-order valence-electron chi connectivity index (χ3n) is 3.39. The Morgan fingerprint density at radius 2 is 1.67 bits per heavy atom. The molecule has 0 radical (unpaired) electrons. The molecule has 0 heterocycles. The van der Waals surface area contributed by atoms with Gasteiger partial charge < -0.3 is 4.74 Å². The average Bonchev–Trinajstić information content (AvgIpc) is 2.27.